The molecule has 0 amide bonds. The van der Waals surface area contributed by atoms with Gasteiger partial charge in [-0.3, -0.25) is 4.18 Å². The van der Waals surface area contributed by atoms with Gasteiger partial charge in [-0.15, -0.1) is 0 Å². The highest BCUT2D eigenvalue weighted by atomic mass is 32.2. The first-order valence-electron chi connectivity index (χ1n) is 4.12. The van der Waals surface area contributed by atoms with Crippen LogP contribution in [0.1, 0.15) is 27.2 Å². The van der Waals surface area contributed by atoms with Crippen molar-refractivity contribution in [3.05, 3.63) is 0 Å². The zero-order valence-electron chi connectivity index (χ0n) is 7.83. The molecular weight excluding hydrogens is 178 g/mol. The fourth-order valence-corrected chi connectivity index (χ4v) is 1.51. The van der Waals surface area contributed by atoms with E-state index in [0.29, 0.717) is 18.9 Å². The van der Waals surface area contributed by atoms with Gasteiger partial charge in [0, 0.05) is 6.54 Å². The lowest BCUT2D eigenvalue weighted by Gasteiger charge is -2.07. The summed E-state index contributed by atoms with van der Waals surface area (Å²) in [6.45, 7) is 6.39. The van der Waals surface area contributed by atoms with E-state index in [1.165, 1.54) is 0 Å². The Bertz CT molecular complexity index is 199. The maximum absolute atomic E-state index is 11.0. The van der Waals surface area contributed by atoms with Gasteiger partial charge in [-0.1, -0.05) is 20.8 Å². The summed E-state index contributed by atoms with van der Waals surface area (Å²) in [5.41, 5.74) is 0. The lowest BCUT2D eigenvalue weighted by atomic mass is 10.2. The molecule has 5 heteroatoms. The molecule has 0 heterocycles. The fourth-order valence-electron chi connectivity index (χ4n) is 0.503. The monoisotopic (exact) mass is 195 g/mol. The Morgan fingerprint density at radius 2 is 2.00 bits per heavy atom. The molecule has 0 atom stereocenters. The van der Waals surface area contributed by atoms with Crippen LogP contribution in [0.15, 0.2) is 0 Å². The molecule has 0 saturated carbocycles. The first-order valence-corrected chi connectivity index (χ1v) is 5.52. The van der Waals surface area contributed by atoms with Crippen LogP contribution >= 0.6 is 0 Å². The highest BCUT2D eigenvalue weighted by molar-refractivity contribution is 7.84. The van der Waals surface area contributed by atoms with Gasteiger partial charge in [0.2, 0.25) is 0 Å². The maximum atomic E-state index is 11.0. The highest BCUT2D eigenvalue weighted by Gasteiger charge is 2.09. The largest absolute Gasteiger partial charge is 0.335 e. The van der Waals surface area contributed by atoms with Crippen LogP contribution in [0.5, 0.6) is 0 Å². The zero-order chi connectivity index (χ0) is 9.61. The van der Waals surface area contributed by atoms with E-state index in [-0.39, 0.29) is 6.61 Å². The van der Waals surface area contributed by atoms with Gasteiger partial charge in [0.05, 0.1) is 6.61 Å². The minimum Gasteiger partial charge on any atom is -0.258 e. The third-order valence-electron chi connectivity index (χ3n) is 1.11. The number of rotatable bonds is 6. The first-order chi connectivity index (χ1) is 5.48. The SMILES string of the molecule is CCCOS(=O)(=O)NCC(C)C. The van der Waals surface area contributed by atoms with Crippen molar-refractivity contribution < 1.29 is 12.6 Å². The zero-order valence-corrected chi connectivity index (χ0v) is 8.65. The molecule has 0 radical (unpaired) electrons. The summed E-state index contributed by atoms with van der Waals surface area (Å²) in [6, 6.07) is 0. The molecule has 0 aliphatic carbocycles. The van der Waals surface area contributed by atoms with Gasteiger partial charge < -0.3 is 0 Å². The minimum absolute atomic E-state index is 0.243. The van der Waals surface area contributed by atoms with Crippen molar-refractivity contribution in [2.24, 2.45) is 5.92 Å². The van der Waals surface area contributed by atoms with Crippen LogP contribution in [0.4, 0.5) is 0 Å². The molecule has 0 unspecified atom stereocenters. The summed E-state index contributed by atoms with van der Waals surface area (Å²) in [5, 5.41) is 0. The van der Waals surface area contributed by atoms with Crippen LogP contribution < -0.4 is 4.72 Å². The summed E-state index contributed by atoms with van der Waals surface area (Å²) in [5.74, 6) is 0.296. The minimum atomic E-state index is -3.49. The van der Waals surface area contributed by atoms with Crippen molar-refractivity contribution in [2.75, 3.05) is 13.2 Å². The van der Waals surface area contributed by atoms with E-state index in [4.69, 9.17) is 0 Å². The summed E-state index contributed by atoms with van der Waals surface area (Å²) in [6.07, 6.45) is 0.697. The third kappa shape index (κ3) is 6.57. The van der Waals surface area contributed by atoms with Crippen molar-refractivity contribution in [3.63, 3.8) is 0 Å². The topological polar surface area (TPSA) is 55.4 Å². The Labute approximate surface area is 74.6 Å². The van der Waals surface area contributed by atoms with E-state index >= 15 is 0 Å². The molecule has 0 aromatic rings. The normalized spacial score (nSPS) is 12.3. The van der Waals surface area contributed by atoms with E-state index in [0.717, 1.165) is 0 Å². The second-order valence-electron chi connectivity index (χ2n) is 3.02. The molecule has 4 nitrogen and oxygen atoms in total. The second-order valence-corrected chi connectivity index (χ2v) is 4.45. The van der Waals surface area contributed by atoms with Crippen molar-refractivity contribution in [2.45, 2.75) is 27.2 Å². The molecule has 0 rings (SSSR count). The molecule has 0 spiro atoms. The lowest BCUT2D eigenvalue weighted by molar-refractivity contribution is 0.309. The van der Waals surface area contributed by atoms with Crippen LogP contribution in [0, 0.1) is 5.92 Å². The van der Waals surface area contributed by atoms with Gasteiger partial charge in [0.1, 0.15) is 0 Å². The van der Waals surface area contributed by atoms with Gasteiger partial charge in [0.25, 0.3) is 0 Å². The first kappa shape index (κ1) is 11.9. The molecule has 0 aromatic heterocycles. The number of hydrogen-bond donors (Lipinski definition) is 1. The van der Waals surface area contributed by atoms with E-state index in [2.05, 4.69) is 8.91 Å². The van der Waals surface area contributed by atoms with E-state index in [1.54, 1.807) is 0 Å². The standard InChI is InChI=1S/C7H17NO3S/c1-4-5-11-12(9,10)8-6-7(2)3/h7-8H,4-6H2,1-3H3. The molecule has 0 fully saturated rings. The molecule has 0 saturated heterocycles. The van der Waals surface area contributed by atoms with E-state index in [1.807, 2.05) is 20.8 Å². The van der Waals surface area contributed by atoms with Gasteiger partial charge >= 0.3 is 10.3 Å². The van der Waals surface area contributed by atoms with Crippen LogP contribution in [0.2, 0.25) is 0 Å². The molecule has 74 valence electrons. The van der Waals surface area contributed by atoms with E-state index < -0.39 is 10.3 Å². The number of hydrogen-bond acceptors (Lipinski definition) is 3. The van der Waals surface area contributed by atoms with Gasteiger partial charge in [0.15, 0.2) is 0 Å². The van der Waals surface area contributed by atoms with Crippen molar-refractivity contribution in [3.8, 4) is 0 Å². The third-order valence-corrected chi connectivity index (χ3v) is 2.11. The van der Waals surface area contributed by atoms with Crippen LogP contribution in [0.3, 0.4) is 0 Å². The Morgan fingerprint density at radius 1 is 1.42 bits per heavy atom. The average Bonchev–Trinajstić information content (AvgIpc) is 1.98. The van der Waals surface area contributed by atoms with Gasteiger partial charge in [-0.2, -0.15) is 13.1 Å². The predicted molar refractivity (Wildman–Crippen MR) is 48.0 cm³/mol. The van der Waals surface area contributed by atoms with Gasteiger partial charge in [-0.25, -0.2) is 0 Å². The fraction of sp³-hybridized carbons (Fsp3) is 1.00. The Balaban J connectivity index is 3.73. The molecule has 1 N–H and O–H groups in total. The Hall–Kier alpha value is -0.130. The maximum Gasteiger partial charge on any atom is 0.335 e. The number of nitrogens with one attached hydrogen (secondary N) is 1. The second kappa shape index (κ2) is 5.50. The Kier molecular flexibility index (Phi) is 5.44. The molecule has 0 bridgehead atoms. The van der Waals surface area contributed by atoms with Crippen molar-refractivity contribution in [1.82, 2.24) is 4.72 Å². The molecule has 12 heavy (non-hydrogen) atoms. The molecule has 0 aliphatic rings. The Morgan fingerprint density at radius 3 is 2.42 bits per heavy atom. The summed E-state index contributed by atoms with van der Waals surface area (Å²) < 4.78 is 28.9. The lowest BCUT2D eigenvalue weighted by Crippen LogP contribution is -2.29. The van der Waals surface area contributed by atoms with Crippen LogP contribution in [-0.2, 0) is 14.5 Å². The molecule has 0 aliphatic heterocycles. The highest BCUT2D eigenvalue weighted by Crippen LogP contribution is 1.93. The summed E-state index contributed by atoms with van der Waals surface area (Å²) in [4.78, 5) is 0. The molecular formula is C7H17NO3S. The predicted octanol–water partition coefficient (Wildman–Crippen LogP) is 0.903. The molecule has 0 aromatic carbocycles. The average molecular weight is 195 g/mol. The van der Waals surface area contributed by atoms with Crippen molar-refractivity contribution in [1.29, 1.82) is 0 Å². The van der Waals surface area contributed by atoms with Crippen LogP contribution in [0.25, 0.3) is 0 Å². The summed E-state index contributed by atoms with van der Waals surface area (Å²) >= 11 is 0. The van der Waals surface area contributed by atoms with Crippen molar-refractivity contribution >= 4 is 10.3 Å². The quantitative estimate of drug-likeness (QED) is 0.685. The smallest absolute Gasteiger partial charge is 0.258 e. The summed E-state index contributed by atoms with van der Waals surface area (Å²) in [7, 11) is -3.49. The van der Waals surface area contributed by atoms with Crippen LogP contribution in [-0.4, -0.2) is 21.6 Å². The van der Waals surface area contributed by atoms with Gasteiger partial charge in [-0.05, 0) is 12.3 Å². The van der Waals surface area contributed by atoms with E-state index in [9.17, 15) is 8.42 Å².